The van der Waals surface area contributed by atoms with Gasteiger partial charge in [0.2, 0.25) is 0 Å². The van der Waals surface area contributed by atoms with Crippen LogP contribution in [0, 0.1) is 11.6 Å². The molecule has 0 radical (unpaired) electrons. The van der Waals surface area contributed by atoms with Crippen molar-refractivity contribution in [1.29, 1.82) is 0 Å². The summed E-state index contributed by atoms with van der Waals surface area (Å²) >= 11 is 6.10. The molecule has 2 aromatic heterocycles. The molecule has 3 heterocycles. The van der Waals surface area contributed by atoms with E-state index in [9.17, 15) is 17.6 Å². The maximum atomic E-state index is 13.6. The van der Waals surface area contributed by atoms with Crippen LogP contribution in [-0.2, 0) is 6.54 Å². The van der Waals surface area contributed by atoms with Crippen LogP contribution in [0.15, 0.2) is 36.9 Å². The normalized spacial score (nSPS) is 14.2. The molecule has 3 aromatic rings. The first kappa shape index (κ1) is 18.2. The summed E-state index contributed by atoms with van der Waals surface area (Å²) in [7, 11) is 0. The maximum Gasteiger partial charge on any atom is 0.586 e. The Morgan fingerprint density at radius 1 is 0.964 bits per heavy atom. The number of nitrogens with zero attached hydrogens (tertiary/aromatic N) is 3. The summed E-state index contributed by atoms with van der Waals surface area (Å²) in [6.45, 7) is -0.173. The van der Waals surface area contributed by atoms with Gasteiger partial charge in [-0.1, -0.05) is 11.6 Å². The Labute approximate surface area is 160 Å². The number of fused-ring (bicyclic) bond motifs is 1. The largest absolute Gasteiger partial charge is 0.586 e. The molecule has 4 rings (SSSR count). The van der Waals surface area contributed by atoms with Gasteiger partial charge in [0.05, 0.1) is 35.5 Å². The molecule has 1 N–H and O–H groups in total. The van der Waals surface area contributed by atoms with Gasteiger partial charge in [-0.15, -0.1) is 8.78 Å². The minimum atomic E-state index is -3.76. The molecular weight excluding hydrogens is 404 g/mol. The predicted octanol–water partition coefficient (Wildman–Crippen LogP) is 4.40. The lowest BCUT2D eigenvalue weighted by Gasteiger charge is -2.09. The number of benzene rings is 1. The summed E-state index contributed by atoms with van der Waals surface area (Å²) in [4.78, 5) is 11.6. The average molecular weight is 413 g/mol. The molecule has 1 aliphatic rings. The van der Waals surface area contributed by atoms with Crippen LogP contribution in [0.2, 0.25) is 5.02 Å². The number of rotatable bonds is 4. The second-order valence-corrected chi connectivity index (χ2v) is 6.08. The van der Waals surface area contributed by atoms with Gasteiger partial charge in [0.1, 0.15) is 17.5 Å². The third-order valence-electron chi connectivity index (χ3n) is 3.82. The van der Waals surface area contributed by atoms with E-state index in [0.29, 0.717) is 5.56 Å². The summed E-state index contributed by atoms with van der Waals surface area (Å²) in [6, 6.07) is 2.45. The summed E-state index contributed by atoms with van der Waals surface area (Å²) in [5.74, 6) is -1.71. The van der Waals surface area contributed by atoms with Gasteiger partial charge in [-0.2, -0.15) is 0 Å². The Kier molecular flexibility index (Phi) is 4.42. The highest BCUT2D eigenvalue weighted by Crippen LogP contribution is 2.45. The highest BCUT2D eigenvalue weighted by molar-refractivity contribution is 6.33. The van der Waals surface area contributed by atoms with Crippen molar-refractivity contribution in [2.45, 2.75) is 12.8 Å². The van der Waals surface area contributed by atoms with Crippen molar-refractivity contribution in [3.8, 4) is 22.8 Å². The topological polar surface area (TPSA) is 69.2 Å². The van der Waals surface area contributed by atoms with Gasteiger partial charge < -0.3 is 14.8 Å². The van der Waals surface area contributed by atoms with E-state index in [1.54, 1.807) is 0 Å². The molecule has 0 amide bonds. The minimum absolute atomic E-state index is 0.107. The fraction of sp³-hybridized carbons (Fsp3) is 0.118. The van der Waals surface area contributed by atoms with E-state index in [1.807, 2.05) is 0 Å². The van der Waals surface area contributed by atoms with Gasteiger partial charge in [-0.3, -0.25) is 9.97 Å². The Morgan fingerprint density at radius 2 is 1.64 bits per heavy atom. The van der Waals surface area contributed by atoms with Crippen molar-refractivity contribution in [2.24, 2.45) is 0 Å². The van der Waals surface area contributed by atoms with Gasteiger partial charge >= 0.3 is 6.29 Å². The standard InChI is InChI=1S/C17H9ClF4N4O2/c18-10-2-15-14(27-17(21,22)28-15)1-8(10)13-6-26-16(7-24-13)25-3-9-11(19)4-23-5-12(9)20/h1-2,4-7H,3H2,(H,25,26). The molecule has 0 spiro atoms. The van der Waals surface area contributed by atoms with Crippen molar-refractivity contribution < 1.29 is 27.0 Å². The van der Waals surface area contributed by atoms with Gasteiger partial charge in [0.25, 0.3) is 0 Å². The smallest absolute Gasteiger partial charge is 0.395 e. The average Bonchev–Trinajstić information content (AvgIpc) is 2.94. The van der Waals surface area contributed by atoms with E-state index in [1.165, 1.54) is 24.5 Å². The number of hydrogen-bond acceptors (Lipinski definition) is 6. The monoisotopic (exact) mass is 412 g/mol. The Balaban J connectivity index is 1.53. The summed E-state index contributed by atoms with van der Waals surface area (Å²) in [5, 5.41) is 2.84. The first-order valence-electron chi connectivity index (χ1n) is 7.76. The number of hydrogen-bond donors (Lipinski definition) is 1. The lowest BCUT2D eigenvalue weighted by Crippen LogP contribution is -2.25. The maximum absolute atomic E-state index is 13.6. The lowest BCUT2D eigenvalue weighted by molar-refractivity contribution is -0.286. The molecule has 0 saturated heterocycles. The molecule has 0 bridgehead atoms. The first-order chi connectivity index (χ1) is 13.3. The van der Waals surface area contributed by atoms with Crippen LogP contribution >= 0.6 is 11.6 Å². The van der Waals surface area contributed by atoms with Crippen LogP contribution in [0.5, 0.6) is 11.5 Å². The van der Waals surface area contributed by atoms with E-state index in [2.05, 4.69) is 29.7 Å². The zero-order valence-corrected chi connectivity index (χ0v) is 14.5. The molecule has 1 aliphatic heterocycles. The van der Waals surface area contributed by atoms with Crippen molar-refractivity contribution in [1.82, 2.24) is 15.0 Å². The molecule has 0 fully saturated rings. The Morgan fingerprint density at radius 3 is 2.29 bits per heavy atom. The number of alkyl halides is 2. The number of aromatic nitrogens is 3. The van der Waals surface area contributed by atoms with E-state index in [-0.39, 0.29) is 40.1 Å². The van der Waals surface area contributed by atoms with Crippen LogP contribution in [0.25, 0.3) is 11.3 Å². The Bertz CT molecular complexity index is 1030. The summed E-state index contributed by atoms with van der Waals surface area (Å²) in [6.07, 6.45) is 0.673. The van der Waals surface area contributed by atoms with Crippen LogP contribution in [-0.4, -0.2) is 21.2 Å². The fourth-order valence-electron chi connectivity index (χ4n) is 2.51. The second-order valence-electron chi connectivity index (χ2n) is 5.67. The zero-order chi connectivity index (χ0) is 19.9. The third-order valence-corrected chi connectivity index (χ3v) is 4.13. The van der Waals surface area contributed by atoms with Crippen LogP contribution in [0.1, 0.15) is 5.56 Å². The lowest BCUT2D eigenvalue weighted by atomic mass is 10.1. The van der Waals surface area contributed by atoms with Crippen LogP contribution in [0.4, 0.5) is 23.4 Å². The van der Waals surface area contributed by atoms with E-state index >= 15 is 0 Å². The minimum Gasteiger partial charge on any atom is -0.395 e. The Hall–Kier alpha value is -3.14. The van der Waals surface area contributed by atoms with Gasteiger partial charge in [-0.25, -0.2) is 13.8 Å². The van der Waals surface area contributed by atoms with Crippen LogP contribution < -0.4 is 14.8 Å². The highest BCUT2D eigenvalue weighted by Gasteiger charge is 2.43. The number of ether oxygens (including phenoxy) is 2. The molecule has 6 nitrogen and oxygen atoms in total. The van der Waals surface area contributed by atoms with Crippen molar-refractivity contribution >= 4 is 17.4 Å². The molecule has 0 saturated carbocycles. The van der Waals surface area contributed by atoms with Gasteiger partial charge in [-0.05, 0) is 6.07 Å². The number of pyridine rings is 1. The molecular formula is C17H9ClF4N4O2. The molecule has 1 aromatic carbocycles. The third kappa shape index (κ3) is 3.50. The number of halogens is 5. The van der Waals surface area contributed by atoms with Gasteiger partial charge in [0.15, 0.2) is 11.5 Å². The van der Waals surface area contributed by atoms with Crippen molar-refractivity contribution in [3.05, 3.63) is 59.1 Å². The number of nitrogens with one attached hydrogen (secondary N) is 1. The fourth-order valence-corrected chi connectivity index (χ4v) is 2.76. The quantitative estimate of drug-likeness (QED) is 0.640. The number of anilines is 1. The molecule has 0 aliphatic carbocycles. The molecule has 0 atom stereocenters. The SMILES string of the molecule is Fc1cncc(F)c1CNc1cnc(-c2cc3c(cc2Cl)OC(F)(F)O3)cn1. The summed E-state index contributed by atoms with van der Waals surface area (Å²) < 4.78 is 62.2. The van der Waals surface area contributed by atoms with Gasteiger partial charge in [0, 0.05) is 23.7 Å². The molecule has 28 heavy (non-hydrogen) atoms. The van der Waals surface area contributed by atoms with Crippen molar-refractivity contribution in [3.63, 3.8) is 0 Å². The molecule has 0 unspecified atom stereocenters. The van der Waals surface area contributed by atoms with E-state index in [4.69, 9.17) is 11.6 Å². The highest BCUT2D eigenvalue weighted by atomic mass is 35.5. The second kappa shape index (κ2) is 6.79. The molecule has 11 heteroatoms. The zero-order valence-electron chi connectivity index (χ0n) is 13.7. The summed E-state index contributed by atoms with van der Waals surface area (Å²) in [5.41, 5.74) is 0.381. The van der Waals surface area contributed by atoms with E-state index in [0.717, 1.165) is 12.4 Å². The molecule has 144 valence electrons. The van der Waals surface area contributed by atoms with E-state index < -0.39 is 17.9 Å². The van der Waals surface area contributed by atoms with Crippen LogP contribution in [0.3, 0.4) is 0 Å². The first-order valence-corrected chi connectivity index (χ1v) is 8.14. The van der Waals surface area contributed by atoms with Crippen molar-refractivity contribution in [2.75, 3.05) is 5.32 Å². The predicted molar refractivity (Wildman–Crippen MR) is 90.2 cm³/mol.